The minimum absolute atomic E-state index is 0.0452. The molecule has 0 saturated heterocycles. The van der Waals surface area contributed by atoms with Crippen molar-refractivity contribution in [1.29, 1.82) is 0 Å². The van der Waals surface area contributed by atoms with Crippen molar-refractivity contribution in [2.75, 3.05) is 0 Å². The minimum Gasteiger partial charge on any atom is -0.382 e. The molecule has 0 atom stereocenters. The SMILES string of the molecule is CCCCC1(O)C=CC(=O)C=C1. The first-order valence-corrected chi connectivity index (χ1v) is 4.31. The Morgan fingerprint density at radius 2 is 2.00 bits per heavy atom. The summed E-state index contributed by atoms with van der Waals surface area (Å²) >= 11 is 0. The Labute approximate surface area is 72.6 Å². The Morgan fingerprint density at radius 3 is 2.50 bits per heavy atom. The average molecular weight is 166 g/mol. The van der Waals surface area contributed by atoms with Crippen molar-refractivity contribution in [3.63, 3.8) is 0 Å². The molecule has 1 rings (SSSR count). The first-order chi connectivity index (χ1) is 5.66. The molecule has 0 aromatic heterocycles. The third kappa shape index (κ3) is 2.31. The topological polar surface area (TPSA) is 37.3 Å². The Morgan fingerprint density at radius 1 is 1.42 bits per heavy atom. The zero-order valence-electron chi connectivity index (χ0n) is 7.29. The summed E-state index contributed by atoms with van der Waals surface area (Å²) in [5.74, 6) is -0.0452. The second kappa shape index (κ2) is 3.68. The van der Waals surface area contributed by atoms with E-state index in [0.29, 0.717) is 6.42 Å². The quantitative estimate of drug-likeness (QED) is 0.691. The van der Waals surface area contributed by atoms with Crippen molar-refractivity contribution in [3.05, 3.63) is 24.3 Å². The molecule has 0 unspecified atom stereocenters. The zero-order chi connectivity index (χ0) is 9.03. The van der Waals surface area contributed by atoms with Gasteiger partial charge < -0.3 is 5.11 Å². The normalized spacial score (nSPS) is 20.0. The van der Waals surface area contributed by atoms with Crippen LogP contribution in [0.2, 0.25) is 0 Å². The summed E-state index contributed by atoms with van der Waals surface area (Å²) in [5, 5.41) is 9.79. The predicted molar refractivity (Wildman–Crippen MR) is 47.8 cm³/mol. The van der Waals surface area contributed by atoms with Crippen molar-refractivity contribution >= 4 is 5.78 Å². The van der Waals surface area contributed by atoms with Gasteiger partial charge in [-0.15, -0.1) is 0 Å². The summed E-state index contributed by atoms with van der Waals surface area (Å²) in [7, 11) is 0. The van der Waals surface area contributed by atoms with Gasteiger partial charge >= 0.3 is 0 Å². The third-order valence-corrected chi connectivity index (χ3v) is 2.00. The van der Waals surface area contributed by atoms with Crippen molar-refractivity contribution in [2.24, 2.45) is 0 Å². The smallest absolute Gasteiger partial charge is 0.178 e. The molecule has 0 spiro atoms. The van der Waals surface area contributed by atoms with Gasteiger partial charge in [-0.3, -0.25) is 4.79 Å². The maximum absolute atomic E-state index is 10.7. The summed E-state index contributed by atoms with van der Waals surface area (Å²) in [6.07, 6.45) is 8.72. The van der Waals surface area contributed by atoms with Gasteiger partial charge in [0.15, 0.2) is 5.78 Å². The van der Waals surface area contributed by atoms with E-state index < -0.39 is 5.60 Å². The van der Waals surface area contributed by atoms with E-state index in [1.54, 1.807) is 12.2 Å². The van der Waals surface area contributed by atoms with Gasteiger partial charge in [-0.2, -0.15) is 0 Å². The first kappa shape index (κ1) is 9.20. The molecule has 0 bridgehead atoms. The van der Waals surface area contributed by atoms with E-state index in [4.69, 9.17) is 0 Å². The van der Waals surface area contributed by atoms with Crippen LogP contribution in [0.25, 0.3) is 0 Å². The molecule has 1 aliphatic rings. The van der Waals surface area contributed by atoms with E-state index in [9.17, 15) is 9.90 Å². The molecular weight excluding hydrogens is 152 g/mol. The summed E-state index contributed by atoms with van der Waals surface area (Å²) in [6, 6.07) is 0. The maximum Gasteiger partial charge on any atom is 0.178 e. The van der Waals surface area contributed by atoms with Gasteiger partial charge in [-0.1, -0.05) is 19.8 Å². The molecule has 0 aliphatic heterocycles. The molecule has 0 saturated carbocycles. The minimum atomic E-state index is -0.871. The average Bonchev–Trinajstić information content (AvgIpc) is 2.08. The molecule has 2 heteroatoms. The van der Waals surface area contributed by atoms with Crippen LogP contribution in [-0.2, 0) is 4.79 Å². The first-order valence-electron chi connectivity index (χ1n) is 4.31. The van der Waals surface area contributed by atoms with E-state index in [0.717, 1.165) is 12.8 Å². The summed E-state index contributed by atoms with van der Waals surface area (Å²) in [6.45, 7) is 2.07. The lowest BCUT2D eigenvalue weighted by atomic mass is 9.92. The van der Waals surface area contributed by atoms with E-state index in [2.05, 4.69) is 6.92 Å². The third-order valence-electron chi connectivity index (χ3n) is 2.00. The molecule has 12 heavy (non-hydrogen) atoms. The lowest BCUT2D eigenvalue weighted by Gasteiger charge is -2.21. The summed E-state index contributed by atoms with van der Waals surface area (Å²) in [4.78, 5) is 10.7. The van der Waals surface area contributed by atoms with Gasteiger partial charge in [0.05, 0.1) is 0 Å². The Hall–Kier alpha value is -0.890. The molecule has 2 nitrogen and oxygen atoms in total. The molecule has 66 valence electrons. The highest BCUT2D eigenvalue weighted by Crippen LogP contribution is 2.20. The fourth-order valence-corrected chi connectivity index (χ4v) is 1.19. The van der Waals surface area contributed by atoms with Gasteiger partial charge in [0.2, 0.25) is 0 Å². The van der Waals surface area contributed by atoms with Gasteiger partial charge in [0.1, 0.15) is 5.60 Å². The van der Waals surface area contributed by atoms with Crippen LogP contribution >= 0.6 is 0 Å². The van der Waals surface area contributed by atoms with Crippen LogP contribution in [0.4, 0.5) is 0 Å². The largest absolute Gasteiger partial charge is 0.382 e. The second-order valence-corrected chi connectivity index (χ2v) is 3.16. The van der Waals surface area contributed by atoms with E-state index >= 15 is 0 Å². The number of carbonyl (C=O) groups excluding carboxylic acids is 1. The number of carbonyl (C=O) groups is 1. The van der Waals surface area contributed by atoms with E-state index in [-0.39, 0.29) is 5.78 Å². The van der Waals surface area contributed by atoms with Crippen LogP contribution in [0.1, 0.15) is 26.2 Å². The number of hydrogen-bond donors (Lipinski definition) is 1. The lowest BCUT2D eigenvalue weighted by Crippen LogP contribution is -2.25. The Balaban J connectivity index is 2.55. The standard InChI is InChI=1S/C10H14O2/c1-2-3-6-10(12)7-4-9(11)5-8-10/h4-5,7-8,12H,2-3,6H2,1H3. The van der Waals surface area contributed by atoms with Crippen LogP contribution in [0.15, 0.2) is 24.3 Å². The van der Waals surface area contributed by atoms with Crippen LogP contribution in [-0.4, -0.2) is 16.5 Å². The van der Waals surface area contributed by atoms with Gasteiger partial charge in [-0.25, -0.2) is 0 Å². The maximum atomic E-state index is 10.7. The highest BCUT2D eigenvalue weighted by Gasteiger charge is 2.21. The van der Waals surface area contributed by atoms with E-state index in [1.807, 2.05) is 0 Å². The molecule has 0 radical (unpaired) electrons. The Kier molecular flexibility index (Phi) is 2.82. The molecule has 0 heterocycles. The fourth-order valence-electron chi connectivity index (χ4n) is 1.19. The van der Waals surface area contributed by atoms with E-state index in [1.165, 1.54) is 12.2 Å². The molecule has 1 N–H and O–H groups in total. The molecule has 1 aliphatic carbocycles. The molecular formula is C10H14O2. The Bertz CT molecular complexity index is 210. The lowest BCUT2D eigenvalue weighted by molar-refractivity contribution is -0.110. The highest BCUT2D eigenvalue weighted by molar-refractivity contribution is 6.00. The molecule has 0 fully saturated rings. The second-order valence-electron chi connectivity index (χ2n) is 3.16. The van der Waals surface area contributed by atoms with Gasteiger partial charge in [0, 0.05) is 0 Å². The number of unbranched alkanes of at least 4 members (excludes halogenated alkanes) is 1. The highest BCUT2D eigenvalue weighted by atomic mass is 16.3. The van der Waals surface area contributed by atoms with Crippen molar-refractivity contribution < 1.29 is 9.90 Å². The number of aliphatic hydroxyl groups is 1. The van der Waals surface area contributed by atoms with Crippen LogP contribution < -0.4 is 0 Å². The van der Waals surface area contributed by atoms with Gasteiger partial charge in [0.25, 0.3) is 0 Å². The zero-order valence-corrected chi connectivity index (χ0v) is 7.29. The number of allylic oxidation sites excluding steroid dienone is 2. The molecule has 0 amide bonds. The van der Waals surface area contributed by atoms with Crippen LogP contribution in [0.5, 0.6) is 0 Å². The summed E-state index contributed by atoms with van der Waals surface area (Å²) in [5.41, 5.74) is -0.871. The van der Waals surface area contributed by atoms with Crippen molar-refractivity contribution in [1.82, 2.24) is 0 Å². The predicted octanol–water partition coefficient (Wildman–Crippen LogP) is 1.60. The fraction of sp³-hybridized carbons (Fsp3) is 0.500. The number of rotatable bonds is 3. The number of hydrogen-bond acceptors (Lipinski definition) is 2. The van der Waals surface area contributed by atoms with Crippen LogP contribution in [0, 0.1) is 0 Å². The summed E-state index contributed by atoms with van der Waals surface area (Å²) < 4.78 is 0. The van der Waals surface area contributed by atoms with Crippen molar-refractivity contribution in [2.45, 2.75) is 31.8 Å². The van der Waals surface area contributed by atoms with Crippen molar-refractivity contribution in [3.8, 4) is 0 Å². The van der Waals surface area contributed by atoms with Crippen LogP contribution in [0.3, 0.4) is 0 Å². The molecule has 0 aromatic carbocycles. The molecule has 0 aromatic rings. The van der Waals surface area contributed by atoms with Gasteiger partial charge in [-0.05, 0) is 30.7 Å². The monoisotopic (exact) mass is 166 g/mol. The number of ketones is 1.